The summed E-state index contributed by atoms with van der Waals surface area (Å²) in [6.45, 7) is 3.09. The van der Waals surface area contributed by atoms with Crippen molar-refractivity contribution in [3.05, 3.63) is 60.8 Å². The van der Waals surface area contributed by atoms with E-state index in [2.05, 4.69) is 25.8 Å². The molecule has 0 unspecified atom stereocenters. The van der Waals surface area contributed by atoms with Crippen LogP contribution in [0.15, 0.2) is 65.7 Å². The molecule has 1 aromatic carbocycles. The average molecular weight is 454 g/mol. The zero-order valence-electron chi connectivity index (χ0n) is 17.5. The third-order valence-electron chi connectivity index (χ3n) is 4.95. The Morgan fingerprint density at radius 2 is 1.66 bits per heavy atom. The molecule has 1 amide bonds. The smallest absolute Gasteiger partial charge is 0.243 e. The van der Waals surface area contributed by atoms with Crippen molar-refractivity contribution in [1.82, 2.24) is 19.5 Å². The van der Waals surface area contributed by atoms with Crippen molar-refractivity contribution in [3.63, 3.8) is 0 Å². The van der Waals surface area contributed by atoms with E-state index in [-0.39, 0.29) is 10.8 Å². The van der Waals surface area contributed by atoms with E-state index in [4.69, 9.17) is 0 Å². The molecule has 2 N–H and O–H groups in total. The van der Waals surface area contributed by atoms with Gasteiger partial charge in [0.25, 0.3) is 0 Å². The first-order chi connectivity index (χ1) is 15.4. The lowest BCUT2D eigenvalue weighted by molar-refractivity contribution is -0.114. The van der Waals surface area contributed by atoms with Gasteiger partial charge in [0, 0.05) is 45.0 Å². The fourth-order valence-corrected chi connectivity index (χ4v) is 4.77. The summed E-state index contributed by atoms with van der Waals surface area (Å²) in [6, 6.07) is 15.4. The molecule has 3 heterocycles. The second kappa shape index (κ2) is 9.28. The first-order valence-electron chi connectivity index (χ1n) is 10.1. The fraction of sp³-hybridized carbons (Fsp3) is 0.238. The molecule has 4 rings (SSSR count). The summed E-state index contributed by atoms with van der Waals surface area (Å²) in [5.41, 5.74) is 0.556. The quantitative estimate of drug-likeness (QED) is 0.582. The molecule has 0 aliphatic carbocycles. The first kappa shape index (κ1) is 21.7. The molecule has 2 aromatic heterocycles. The van der Waals surface area contributed by atoms with Gasteiger partial charge in [-0.2, -0.15) is 4.31 Å². The number of piperazine rings is 1. The Kier molecular flexibility index (Phi) is 6.28. The molecule has 1 saturated heterocycles. The Hall–Kier alpha value is -3.57. The molecule has 1 aliphatic rings. The van der Waals surface area contributed by atoms with Crippen LogP contribution >= 0.6 is 0 Å². The van der Waals surface area contributed by atoms with Crippen LogP contribution in [0.2, 0.25) is 0 Å². The van der Waals surface area contributed by atoms with Crippen molar-refractivity contribution in [2.45, 2.75) is 11.8 Å². The van der Waals surface area contributed by atoms with Crippen LogP contribution in [0.5, 0.6) is 0 Å². The summed E-state index contributed by atoms with van der Waals surface area (Å²) >= 11 is 0. The van der Waals surface area contributed by atoms with Crippen molar-refractivity contribution in [2.24, 2.45) is 0 Å². The Morgan fingerprint density at radius 1 is 0.906 bits per heavy atom. The lowest BCUT2D eigenvalue weighted by Gasteiger charge is -2.34. The number of carbonyl (C=O) groups is 1. The van der Waals surface area contributed by atoms with Crippen molar-refractivity contribution in [2.75, 3.05) is 41.7 Å². The van der Waals surface area contributed by atoms with Gasteiger partial charge in [-0.25, -0.2) is 13.4 Å². The minimum atomic E-state index is -3.61. The van der Waals surface area contributed by atoms with Crippen LogP contribution < -0.4 is 15.5 Å². The molecule has 0 bridgehead atoms. The molecule has 1 fully saturated rings. The van der Waals surface area contributed by atoms with Crippen LogP contribution in [0.4, 0.5) is 23.1 Å². The molecule has 166 valence electrons. The van der Waals surface area contributed by atoms with Crippen molar-refractivity contribution >= 4 is 39.1 Å². The summed E-state index contributed by atoms with van der Waals surface area (Å²) in [7, 11) is -3.61. The van der Waals surface area contributed by atoms with Gasteiger partial charge in [0.2, 0.25) is 15.9 Å². The number of amides is 1. The summed E-state index contributed by atoms with van der Waals surface area (Å²) in [5, 5.41) is 14.2. The number of anilines is 4. The van der Waals surface area contributed by atoms with Gasteiger partial charge in [-0.3, -0.25) is 4.79 Å². The Labute approximate surface area is 186 Å². The maximum Gasteiger partial charge on any atom is 0.243 e. The predicted octanol–water partition coefficient (Wildman–Crippen LogP) is 2.08. The third kappa shape index (κ3) is 5.01. The number of hydrogen-bond acceptors (Lipinski definition) is 8. The summed E-state index contributed by atoms with van der Waals surface area (Å²) in [5.74, 6) is 1.74. The summed E-state index contributed by atoms with van der Waals surface area (Å²) < 4.78 is 27.4. The molecule has 11 heteroatoms. The maximum atomic E-state index is 13.0. The topological polar surface area (TPSA) is 120 Å². The molecule has 1 aliphatic heterocycles. The largest absolute Gasteiger partial charge is 0.352 e. The van der Waals surface area contributed by atoms with Crippen LogP contribution in [0.3, 0.4) is 0 Å². The molecule has 0 radical (unpaired) electrons. The minimum absolute atomic E-state index is 0.199. The predicted molar refractivity (Wildman–Crippen MR) is 121 cm³/mol. The highest BCUT2D eigenvalue weighted by Gasteiger charge is 2.29. The molecule has 0 spiro atoms. The standard InChI is InChI=1S/C21H23N7O3S/c1-16(29)23-17-5-7-18(8-6-17)32(30,31)28-14-12-27(13-15-28)21-10-9-20(25-26-21)24-19-4-2-3-11-22-19/h2-11H,12-15H2,1H3,(H,23,29)(H,22,24,25). The number of hydrogen-bond donors (Lipinski definition) is 2. The van der Waals surface area contributed by atoms with Gasteiger partial charge in [-0.1, -0.05) is 6.07 Å². The highest BCUT2D eigenvalue weighted by atomic mass is 32.2. The Bertz CT molecular complexity index is 1160. The highest BCUT2D eigenvalue weighted by Crippen LogP contribution is 2.22. The zero-order valence-corrected chi connectivity index (χ0v) is 18.3. The first-order valence-corrected chi connectivity index (χ1v) is 11.5. The van der Waals surface area contributed by atoms with E-state index < -0.39 is 10.0 Å². The number of rotatable bonds is 6. The molecular weight excluding hydrogens is 430 g/mol. The van der Waals surface area contributed by atoms with Crippen LogP contribution in [-0.2, 0) is 14.8 Å². The van der Waals surface area contributed by atoms with E-state index in [1.165, 1.54) is 23.4 Å². The second-order valence-electron chi connectivity index (χ2n) is 7.21. The minimum Gasteiger partial charge on any atom is -0.352 e. The monoisotopic (exact) mass is 453 g/mol. The maximum absolute atomic E-state index is 13.0. The molecule has 3 aromatic rings. The summed E-state index contributed by atoms with van der Waals surface area (Å²) in [6.07, 6.45) is 1.69. The van der Waals surface area contributed by atoms with Crippen LogP contribution in [0.25, 0.3) is 0 Å². The van der Waals surface area contributed by atoms with Gasteiger partial charge in [-0.15, -0.1) is 10.2 Å². The van der Waals surface area contributed by atoms with Crippen molar-refractivity contribution in [1.29, 1.82) is 0 Å². The third-order valence-corrected chi connectivity index (χ3v) is 6.86. The Balaban J connectivity index is 1.36. The molecule has 10 nitrogen and oxygen atoms in total. The lowest BCUT2D eigenvalue weighted by Crippen LogP contribution is -2.49. The SMILES string of the molecule is CC(=O)Nc1ccc(S(=O)(=O)N2CCN(c3ccc(Nc4ccccn4)nn3)CC2)cc1. The van der Waals surface area contributed by atoms with Gasteiger partial charge in [0.1, 0.15) is 5.82 Å². The van der Waals surface area contributed by atoms with Crippen LogP contribution in [-0.4, -0.2) is 60.0 Å². The number of sulfonamides is 1. The summed E-state index contributed by atoms with van der Waals surface area (Å²) in [4.78, 5) is 17.5. The van der Waals surface area contributed by atoms with Crippen molar-refractivity contribution in [3.8, 4) is 0 Å². The number of nitrogens with zero attached hydrogens (tertiary/aromatic N) is 5. The fourth-order valence-electron chi connectivity index (χ4n) is 3.35. The number of benzene rings is 1. The lowest BCUT2D eigenvalue weighted by atomic mass is 10.3. The zero-order chi connectivity index (χ0) is 22.6. The molecular formula is C21H23N7O3S. The van der Waals surface area contributed by atoms with E-state index in [1.54, 1.807) is 18.3 Å². The van der Waals surface area contributed by atoms with Gasteiger partial charge in [0.15, 0.2) is 11.6 Å². The highest BCUT2D eigenvalue weighted by molar-refractivity contribution is 7.89. The van der Waals surface area contributed by atoms with Gasteiger partial charge < -0.3 is 15.5 Å². The second-order valence-corrected chi connectivity index (χ2v) is 9.15. The Morgan fingerprint density at radius 3 is 2.25 bits per heavy atom. The molecule has 0 atom stereocenters. The number of pyridine rings is 1. The normalized spacial score (nSPS) is 14.7. The van der Waals surface area contributed by atoms with Crippen LogP contribution in [0.1, 0.15) is 6.92 Å². The average Bonchev–Trinajstić information content (AvgIpc) is 2.80. The number of nitrogens with one attached hydrogen (secondary N) is 2. The van der Waals surface area contributed by atoms with Gasteiger partial charge >= 0.3 is 0 Å². The van der Waals surface area contributed by atoms with E-state index in [0.717, 1.165) is 0 Å². The number of carbonyl (C=O) groups excluding carboxylic acids is 1. The van der Waals surface area contributed by atoms with Gasteiger partial charge in [-0.05, 0) is 48.5 Å². The van der Waals surface area contributed by atoms with E-state index >= 15 is 0 Å². The van der Waals surface area contributed by atoms with Crippen LogP contribution in [0, 0.1) is 0 Å². The van der Waals surface area contributed by atoms with E-state index in [9.17, 15) is 13.2 Å². The van der Waals surface area contributed by atoms with Gasteiger partial charge in [0.05, 0.1) is 4.90 Å². The molecule has 32 heavy (non-hydrogen) atoms. The molecule has 0 saturated carbocycles. The van der Waals surface area contributed by atoms with E-state index in [0.29, 0.717) is 49.3 Å². The number of aromatic nitrogens is 3. The van der Waals surface area contributed by atoms with Crippen molar-refractivity contribution < 1.29 is 13.2 Å². The van der Waals surface area contributed by atoms with E-state index in [1.807, 2.05) is 35.2 Å².